The van der Waals surface area contributed by atoms with E-state index in [1.54, 1.807) is 11.0 Å². The molecule has 1 aromatic carbocycles. The minimum Gasteiger partial charge on any atom is -0.449 e. The van der Waals surface area contributed by atoms with Gasteiger partial charge in [-0.15, -0.1) is 0 Å². The summed E-state index contributed by atoms with van der Waals surface area (Å²) in [6, 6.07) is 5.53. The number of aryl methyl sites for hydroxylation is 1. The number of hydrogen-bond donors (Lipinski definition) is 0. The van der Waals surface area contributed by atoms with Crippen LogP contribution in [0.25, 0.3) is 11.0 Å². The van der Waals surface area contributed by atoms with Gasteiger partial charge in [-0.2, -0.15) is 0 Å². The van der Waals surface area contributed by atoms with Gasteiger partial charge in [0.2, 0.25) is 5.91 Å². The smallest absolute Gasteiger partial charge is 0.289 e. The Labute approximate surface area is 157 Å². The number of fused-ring (bicyclic) bond motifs is 1. The molecule has 3 heterocycles. The molecule has 0 unspecified atom stereocenters. The topological polar surface area (TPSA) is 53.8 Å². The average Bonchev–Trinajstić information content (AvgIpc) is 3.30. The van der Waals surface area contributed by atoms with Crippen LogP contribution in [0.15, 0.2) is 22.6 Å². The van der Waals surface area contributed by atoms with E-state index in [2.05, 4.69) is 0 Å². The largest absolute Gasteiger partial charge is 0.449 e. The van der Waals surface area contributed by atoms with E-state index in [1.807, 2.05) is 24.0 Å². The van der Waals surface area contributed by atoms with Crippen molar-refractivity contribution in [3.05, 3.63) is 34.5 Å². The van der Waals surface area contributed by atoms with Crippen LogP contribution >= 0.6 is 11.6 Å². The molecule has 6 heteroatoms. The lowest BCUT2D eigenvalue weighted by atomic mass is 9.95. The molecule has 5 nitrogen and oxygen atoms in total. The number of amides is 2. The monoisotopic (exact) mass is 374 g/mol. The molecular formula is C20H23ClN2O3. The van der Waals surface area contributed by atoms with E-state index in [9.17, 15) is 9.59 Å². The highest BCUT2D eigenvalue weighted by Crippen LogP contribution is 2.32. The van der Waals surface area contributed by atoms with Crippen LogP contribution in [0.4, 0.5) is 0 Å². The predicted octanol–water partition coefficient (Wildman–Crippen LogP) is 3.87. The maximum Gasteiger partial charge on any atom is 0.289 e. The zero-order valence-electron chi connectivity index (χ0n) is 15.0. The first-order valence-corrected chi connectivity index (χ1v) is 9.69. The number of furan rings is 1. The van der Waals surface area contributed by atoms with Gasteiger partial charge in [0.05, 0.1) is 5.02 Å². The van der Waals surface area contributed by atoms with Crippen molar-refractivity contribution in [2.45, 2.75) is 32.6 Å². The standard InChI is InChI=1S/C20H23ClN2O3/c1-13-15-5-4-6-16(21)18(15)26-17(13)20(25)23-11-7-14(8-12-23)19(24)22-9-2-3-10-22/h4-6,14H,2-3,7-12H2,1H3. The van der Waals surface area contributed by atoms with E-state index in [0.29, 0.717) is 29.5 Å². The molecule has 26 heavy (non-hydrogen) atoms. The normalized spacial score (nSPS) is 18.7. The van der Waals surface area contributed by atoms with Crippen molar-refractivity contribution in [3.8, 4) is 0 Å². The highest BCUT2D eigenvalue weighted by Gasteiger charge is 2.33. The van der Waals surface area contributed by atoms with E-state index < -0.39 is 0 Å². The molecule has 138 valence electrons. The Hall–Kier alpha value is -2.01. The van der Waals surface area contributed by atoms with Gasteiger partial charge in [0.1, 0.15) is 0 Å². The van der Waals surface area contributed by atoms with E-state index in [4.69, 9.17) is 16.0 Å². The number of carbonyl (C=O) groups is 2. The van der Waals surface area contributed by atoms with Gasteiger partial charge in [-0.05, 0) is 38.7 Å². The summed E-state index contributed by atoms with van der Waals surface area (Å²) in [5.74, 6) is 0.559. The fourth-order valence-corrected chi connectivity index (χ4v) is 4.29. The third-order valence-electron chi connectivity index (χ3n) is 5.66. The van der Waals surface area contributed by atoms with Crippen molar-refractivity contribution in [3.63, 3.8) is 0 Å². The summed E-state index contributed by atoms with van der Waals surface area (Å²) in [6.07, 6.45) is 3.66. The molecule has 0 N–H and O–H groups in total. The Balaban J connectivity index is 1.46. The van der Waals surface area contributed by atoms with Crippen LogP contribution in [0, 0.1) is 12.8 Å². The second-order valence-corrected chi connectivity index (χ2v) is 7.68. The van der Waals surface area contributed by atoms with Crippen LogP contribution < -0.4 is 0 Å². The molecule has 0 atom stereocenters. The first kappa shape index (κ1) is 17.4. The zero-order valence-corrected chi connectivity index (χ0v) is 15.7. The first-order chi connectivity index (χ1) is 12.6. The minimum absolute atomic E-state index is 0.0448. The van der Waals surface area contributed by atoms with Crippen molar-refractivity contribution in [2.24, 2.45) is 5.92 Å². The summed E-state index contributed by atoms with van der Waals surface area (Å²) >= 11 is 6.19. The summed E-state index contributed by atoms with van der Waals surface area (Å²) in [5, 5.41) is 1.39. The summed E-state index contributed by atoms with van der Waals surface area (Å²) in [6.45, 7) is 4.84. The molecule has 0 radical (unpaired) electrons. The number of piperidine rings is 1. The third kappa shape index (κ3) is 2.98. The van der Waals surface area contributed by atoms with Crippen LogP contribution in [0.2, 0.25) is 5.02 Å². The van der Waals surface area contributed by atoms with Gasteiger partial charge in [-0.1, -0.05) is 23.7 Å². The molecule has 2 saturated heterocycles. The van der Waals surface area contributed by atoms with E-state index >= 15 is 0 Å². The Morgan fingerprint density at radius 1 is 1.08 bits per heavy atom. The number of halogens is 1. The number of carbonyl (C=O) groups excluding carboxylic acids is 2. The SMILES string of the molecule is Cc1c(C(=O)N2CCC(C(=O)N3CCCC3)CC2)oc2c(Cl)cccc12. The lowest BCUT2D eigenvalue weighted by Crippen LogP contribution is -2.43. The number of nitrogens with zero attached hydrogens (tertiary/aromatic N) is 2. The fourth-order valence-electron chi connectivity index (χ4n) is 4.08. The highest BCUT2D eigenvalue weighted by atomic mass is 35.5. The summed E-state index contributed by atoms with van der Waals surface area (Å²) in [5.41, 5.74) is 1.39. The van der Waals surface area contributed by atoms with Gasteiger partial charge in [0.25, 0.3) is 5.91 Å². The quantitative estimate of drug-likeness (QED) is 0.801. The van der Waals surface area contributed by atoms with Gasteiger partial charge in [-0.25, -0.2) is 0 Å². The lowest BCUT2D eigenvalue weighted by Gasteiger charge is -2.32. The average molecular weight is 375 g/mol. The van der Waals surface area contributed by atoms with Gasteiger partial charge in [0, 0.05) is 43.0 Å². The lowest BCUT2D eigenvalue weighted by molar-refractivity contribution is -0.135. The molecule has 0 saturated carbocycles. The molecule has 0 spiro atoms. The maximum atomic E-state index is 12.9. The van der Waals surface area contributed by atoms with Crippen molar-refractivity contribution in [1.29, 1.82) is 0 Å². The second-order valence-electron chi connectivity index (χ2n) is 7.27. The fraction of sp³-hybridized carbons (Fsp3) is 0.500. The Morgan fingerprint density at radius 3 is 2.42 bits per heavy atom. The van der Waals surface area contributed by atoms with Gasteiger partial charge in [0.15, 0.2) is 11.3 Å². The Bertz CT molecular complexity index is 846. The summed E-state index contributed by atoms with van der Waals surface area (Å²) < 4.78 is 5.80. The summed E-state index contributed by atoms with van der Waals surface area (Å²) in [4.78, 5) is 29.3. The van der Waals surface area contributed by atoms with Crippen LogP contribution in [0.1, 0.15) is 41.8 Å². The zero-order chi connectivity index (χ0) is 18.3. The molecule has 2 aliphatic heterocycles. The van der Waals surface area contributed by atoms with Crippen LogP contribution in [0.3, 0.4) is 0 Å². The highest BCUT2D eigenvalue weighted by molar-refractivity contribution is 6.35. The van der Waals surface area contributed by atoms with Crippen LogP contribution in [-0.4, -0.2) is 47.8 Å². The molecule has 0 bridgehead atoms. The van der Waals surface area contributed by atoms with Crippen molar-refractivity contribution < 1.29 is 14.0 Å². The second kappa shape index (κ2) is 6.95. The van der Waals surface area contributed by atoms with Crippen molar-refractivity contribution in [2.75, 3.05) is 26.2 Å². The van der Waals surface area contributed by atoms with Crippen molar-refractivity contribution in [1.82, 2.24) is 9.80 Å². The molecule has 2 aromatic rings. The number of likely N-dealkylation sites (tertiary alicyclic amines) is 2. The Kier molecular flexibility index (Phi) is 4.65. The van der Waals surface area contributed by atoms with E-state index in [0.717, 1.165) is 49.7 Å². The van der Waals surface area contributed by atoms with Gasteiger partial charge in [-0.3, -0.25) is 9.59 Å². The molecular weight excluding hydrogens is 352 g/mol. The number of rotatable bonds is 2. The summed E-state index contributed by atoms with van der Waals surface area (Å²) in [7, 11) is 0. The van der Waals surface area contributed by atoms with Crippen LogP contribution in [-0.2, 0) is 4.79 Å². The number of hydrogen-bond acceptors (Lipinski definition) is 3. The third-order valence-corrected chi connectivity index (χ3v) is 5.96. The number of para-hydroxylation sites is 1. The molecule has 2 amide bonds. The van der Waals surface area contributed by atoms with E-state index in [1.165, 1.54) is 0 Å². The first-order valence-electron chi connectivity index (χ1n) is 9.32. The van der Waals surface area contributed by atoms with Gasteiger partial charge >= 0.3 is 0 Å². The molecule has 0 aliphatic carbocycles. The minimum atomic E-state index is -0.109. The van der Waals surface area contributed by atoms with Crippen LogP contribution in [0.5, 0.6) is 0 Å². The molecule has 1 aromatic heterocycles. The van der Waals surface area contributed by atoms with Crippen molar-refractivity contribution >= 4 is 34.4 Å². The van der Waals surface area contributed by atoms with E-state index in [-0.39, 0.29) is 17.7 Å². The molecule has 2 fully saturated rings. The predicted molar refractivity (Wildman–Crippen MR) is 100 cm³/mol. The number of benzene rings is 1. The maximum absolute atomic E-state index is 12.9. The molecule has 4 rings (SSSR count). The Morgan fingerprint density at radius 2 is 1.77 bits per heavy atom. The van der Waals surface area contributed by atoms with Gasteiger partial charge < -0.3 is 14.2 Å². The molecule has 2 aliphatic rings.